The lowest BCUT2D eigenvalue weighted by Crippen LogP contribution is -1.92. The van der Waals surface area contributed by atoms with E-state index in [4.69, 9.17) is 10.00 Å². The largest absolute Gasteiger partial charge is 0.496 e. The number of methoxy groups -OCH3 is 1. The van der Waals surface area contributed by atoms with Crippen molar-refractivity contribution >= 4 is 11.3 Å². The Balaban J connectivity index is 2.49. The maximum absolute atomic E-state index is 8.67. The van der Waals surface area contributed by atoms with Crippen LogP contribution in [0.5, 0.6) is 5.75 Å². The molecule has 0 aliphatic rings. The number of thiazole rings is 1. The average molecular weight is 258 g/mol. The van der Waals surface area contributed by atoms with Crippen molar-refractivity contribution in [2.75, 3.05) is 7.11 Å². The minimum Gasteiger partial charge on any atom is -0.496 e. The van der Waals surface area contributed by atoms with Crippen molar-refractivity contribution in [3.05, 3.63) is 33.6 Å². The minimum absolute atomic E-state index is 0.359. The summed E-state index contributed by atoms with van der Waals surface area (Å²) in [6.07, 6.45) is 0.359. The zero-order valence-corrected chi connectivity index (χ0v) is 11.5. The number of rotatable bonds is 3. The molecule has 92 valence electrons. The van der Waals surface area contributed by atoms with Crippen molar-refractivity contribution in [3.8, 4) is 23.1 Å². The van der Waals surface area contributed by atoms with Gasteiger partial charge in [0.05, 0.1) is 25.3 Å². The quantitative estimate of drug-likeness (QED) is 0.846. The van der Waals surface area contributed by atoms with Crippen LogP contribution in [-0.2, 0) is 6.42 Å². The molecule has 0 aliphatic carbocycles. The van der Waals surface area contributed by atoms with Gasteiger partial charge in [-0.25, -0.2) is 4.98 Å². The van der Waals surface area contributed by atoms with E-state index in [1.54, 1.807) is 7.11 Å². The van der Waals surface area contributed by atoms with Gasteiger partial charge in [0.15, 0.2) is 0 Å². The van der Waals surface area contributed by atoms with E-state index in [0.29, 0.717) is 6.42 Å². The summed E-state index contributed by atoms with van der Waals surface area (Å²) in [5.41, 5.74) is 4.27. The summed E-state index contributed by atoms with van der Waals surface area (Å²) in [4.78, 5) is 4.47. The Labute approximate surface area is 111 Å². The highest BCUT2D eigenvalue weighted by Crippen LogP contribution is 2.33. The first-order valence-corrected chi connectivity index (χ1v) is 6.50. The van der Waals surface area contributed by atoms with E-state index in [9.17, 15) is 0 Å². The minimum atomic E-state index is 0.359. The van der Waals surface area contributed by atoms with Gasteiger partial charge in [-0.15, -0.1) is 11.3 Å². The van der Waals surface area contributed by atoms with E-state index < -0.39 is 0 Å². The van der Waals surface area contributed by atoms with Gasteiger partial charge in [-0.1, -0.05) is 0 Å². The second-order valence-electron chi connectivity index (χ2n) is 4.10. The van der Waals surface area contributed by atoms with Gasteiger partial charge in [0.2, 0.25) is 0 Å². The molecule has 2 aromatic rings. The van der Waals surface area contributed by atoms with Crippen LogP contribution in [0.1, 0.15) is 16.1 Å². The third-order valence-electron chi connectivity index (χ3n) is 2.87. The standard InChI is InChI=1S/C14H14N2OS/c1-9-6-11(13(17-3)7-10(9)2)12-8-18-14(16-12)4-5-15/h6-8H,4H2,1-3H3. The Morgan fingerprint density at radius 1 is 1.33 bits per heavy atom. The monoisotopic (exact) mass is 258 g/mol. The lowest BCUT2D eigenvalue weighted by atomic mass is 10.0. The SMILES string of the molecule is COc1cc(C)c(C)cc1-c1csc(CC#N)n1. The van der Waals surface area contributed by atoms with E-state index in [2.05, 4.69) is 31.0 Å². The van der Waals surface area contributed by atoms with Gasteiger partial charge in [0.1, 0.15) is 10.8 Å². The summed E-state index contributed by atoms with van der Waals surface area (Å²) >= 11 is 1.51. The van der Waals surface area contributed by atoms with Crippen LogP contribution in [0.2, 0.25) is 0 Å². The Hall–Kier alpha value is -1.86. The first kappa shape index (κ1) is 12.6. The van der Waals surface area contributed by atoms with E-state index in [0.717, 1.165) is 22.0 Å². The Morgan fingerprint density at radius 3 is 2.72 bits per heavy atom. The molecule has 0 N–H and O–H groups in total. The fourth-order valence-corrected chi connectivity index (χ4v) is 2.47. The number of ether oxygens (including phenoxy) is 1. The van der Waals surface area contributed by atoms with Gasteiger partial charge in [-0.3, -0.25) is 0 Å². The fourth-order valence-electron chi connectivity index (χ4n) is 1.74. The molecule has 0 saturated carbocycles. The molecule has 0 spiro atoms. The van der Waals surface area contributed by atoms with Crippen molar-refractivity contribution < 1.29 is 4.74 Å². The summed E-state index contributed by atoms with van der Waals surface area (Å²) in [6, 6.07) is 6.22. The summed E-state index contributed by atoms with van der Waals surface area (Å²) in [6.45, 7) is 4.13. The molecule has 0 amide bonds. The van der Waals surface area contributed by atoms with Crippen molar-refractivity contribution in [2.24, 2.45) is 0 Å². The molecule has 4 heteroatoms. The maximum Gasteiger partial charge on any atom is 0.128 e. The highest BCUT2D eigenvalue weighted by atomic mass is 32.1. The van der Waals surface area contributed by atoms with Crippen LogP contribution in [0.15, 0.2) is 17.5 Å². The second-order valence-corrected chi connectivity index (χ2v) is 5.04. The number of hydrogen-bond donors (Lipinski definition) is 0. The molecule has 1 aromatic carbocycles. The summed E-state index contributed by atoms with van der Waals surface area (Å²) in [5.74, 6) is 0.826. The Bertz CT molecular complexity index is 611. The predicted octanol–water partition coefficient (Wildman–Crippen LogP) is 3.50. The molecule has 3 nitrogen and oxygen atoms in total. The van der Waals surface area contributed by atoms with Crippen LogP contribution in [0.4, 0.5) is 0 Å². The van der Waals surface area contributed by atoms with Crippen LogP contribution in [0, 0.1) is 25.2 Å². The smallest absolute Gasteiger partial charge is 0.128 e. The van der Waals surface area contributed by atoms with Gasteiger partial charge in [0.25, 0.3) is 0 Å². The molecule has 0 saturated heterocycles. The normalized spacial score (nSPS) is 10.1. The Kier molecular flexibility index (Phi) is 3.63. The predicted molar refractivity (Wildman–Crippen MR) is 72.9 cm³/mol. The van der Waals surface area contributed by atoms with Crippen molar-refractivity contribution in [2.45, 2.75) is 20.3 Å². The number of nitriles is 1. The summed E-state index contributed by atoms with van der Waals surface area (Å²) < 4.78 is 5.40. The van der Waals surface area contributed by atoms with Crippen molar-refractivity contribution in [1.82, 2.24) is 4.98 Å². The first-order chi connectivity index (χ1) is 8.65. The van der Waals surface area contributed by atoms with Crippen LogP contribution in [0.25, 0.3) is 11.3 Å². The molecule has 2 rings (SSSR count). The first-order valence-electron chi connectivity index (χ1n) is 5.62. The fraction of sp³-hybridized carbons (Fsp3) is 0.286. The Morgan fingerprint density at radius 2 is 2.06 bits per heavy atom. The third kappa shape index (κ3) is 2.36. The lowest BCUT2D eigenvalue weighted by Gasteiger charge is -2.09. The molecule has 0 unspecified atom stereocenters. The van der Waals surface area contributed by atoms with E-state index in [1.807, 2.05) is 11.4 Å². The summed E-state index contributed by atoms with van der Waals surface area (Å²) in [7, 11) is 1.66. The third-order valence-corrected chi connectivity index (χ3v) is 3.72. The zero-order chi connectivity index (χ0) is 13.1. The molecule has 0 radical (unpaired) electrons. The van der Waals surface area contributed by atoms with Gasteiger partial charge < -0.3 is 4.74 Å². The number of aromatic nitrogens is 1. The number of hydrogen-bond acceptors (Lipinski definition) is 4. The van der Waals surface area contributed by atoms with E-state index in [1.165, 1.54) is 22.5 Å². The lowest BCUT2D eigenvalue weighted by molar-refractivity contribution is 0.416. The van der Waals surface area contributed by atoms with Crippen molar-refractivity contribution in [3.63, 3.8) is 0 Å². The van der Waals surface area contributed by atoms with Crippen molar-refractivity contribution in [1.29, 1.82) is 5.26 Å². The number of benzene rings is 1. The number of nitrogens with zero attached hydrogens (tertiary/aromatic N) is 2. The van der Waals surface area contributed by atoms with Crippen LogP contribution in [-0.4, -0.2) is 12.1 Å². The second kappa shape index (κ2) is 5.19. The average Bonchev–Trinajstić information content (AvgIpc) is 2.81. The molecule has 1 heterocycles. The van der Waals surface area contributed by atoms with Gasteiger partial charge in [0, 0.05) is 10.9 Å². The molecule has 1 aromatic heterocycles. The highest BCUT2D eigenvalue weighted by Gasteiger charge is 2.11. The molecule has 0 bridgehead atoms. The van der Waals surface area contributed by atoms with E-state index >= 15 is 0 Å². The molecule has 0 fully saturated rings. The molecular formula is C14H14N2OS. The van der Waals surface area contributed by atoms with Gasteiger partial charge >= 0.3 is 0 Å². The molecular weight excluding hydrogens is 244 g/mol. The topological polar surface area (TPSA) is 45.9 Å². The van der Waals surface area contributed by atoms with Crippen LogP contribution >= 0.6 is 11.3 Å². The zero-order valence-electron chi connectivity index (χ0n) is 10.7. The van der Waals surface area contributed by atoms with E-state index in [-0.39, 0.29) is 0 Å². The number of aryl methyl sites for hydroxylation is 2. The van der Waals surface area contributed by atoms with Gasteiger partial charge in [-0.2, -0.15) is 5.26 Å². The van der Waals surface area contributed by atoms with Crippen LogP contribution < -0.4 is 4.74 Å². The highest BCUT2D eigenvalue weighted by molar-refractivity contribution is 7.10. The maximum atomic E-state index is 8.67. The molecule has 0 aliphatic heterocycles. The van der Waals surface area contributed by atoms with Crippen LogP contribution in [0.3, 0.4) is 0 Å². The molecule has 18 heavy (non-hydrogen) atoms. The van der Waals surface area contributed by atoms with Gasteiger partial charge in [-0.05, 0) is 37.1 Å². The summed E-state index contributed by atoms with van der Waals surface area (Å²) in [5, 5.41) is 11.5. The molecule has 0 atom stereocenters.